The number of halogens is 3. The molecule has 0 aromatic heterocycles. The minimum absolute atomic E-state index is 0.0210. The van der Waals surface area contributed by atoms with E-state index in [2.05, 4.69) is 21.9 Å². The van der Waals surface area contributed by atoms with E-state index in [9.17, 15) is 18.0 Å². The van der Waals surface area contributed by atoms with Crippen molar-refractivity contribution >= 4 is 6.03 Å². The van der Waals surface area contributed by atoms with Crippen LogP contribution in [0.5, 0.6) is 0 Å². The molecule has 0 bridgehead atoms. The maximum absolute atomic E-state index is 12.3. The van der Waals surface area contributed by atoms with Crippen LogP contribution in [0.25, 0.3) is 0 Å². The Morgan fingerprint density at radius 1 is 1.12 bits per heavy atom. The van der Waals surface area contributed by atoms with Crippen LogP contribution < -0.4 is 5.32 Å². The number of nitrogens with zero attached hydrogens (tertiary/aromatic N) is 2. The van der Waals surface area contributed by atoms with Crippen LogP contribution in [0.3, 0.4) is 0 Å². The van der Waals surface area contributed by atoms with Crippen molar-refractivity contribution in [2.24, 2.45) is 5.92 Å². The van der Waals surface area contributed by atoms with Crippen molar-refractivity contribution < 1.29 is 22.7 Å². The van der Waals surface area contributed by atoms with Crippen molar-refractivity contribution in [2.45, 2.75) is 51.2 Å². The number of urea groups is 1. The van der Waals surface area contributed by atoms with Crippen LogP contribution in [-0.4, -0.2) is 74.0 Å². The van der Waals surface area contributed by atoms with Crippen LogP contribution >= 0.6 is 0 Å². The Kier molecular flexibility index (Phi) is 7.81. The van der Waals surface area contributed by atoms with Gasteiger partial charge in [0.1, 0.15) is 6.61 Å². The summed E-state index contributed by atoms with van der Waals surface area (Å²) in [5, 5.41) is 3.14. The molecule has 0 unspecified atom stereocenters. The highest BCUT2D eigenvalue weighted by Gasteiger charge is 2.27. The zero-order valence-electron chi connectivity index (χ0n) is 15.0. The highest BCUT2D eigenvalue weighted by molar-refractivity contribution is 5.74. The third-order valence-electron chi connectivity index (χ3n) is 5.03. The maximum Gasteiger partial charge on any atom is 0.411 e. The third-order valence-corrected chi connectivity index (χ3v) is 5.03. The summed E-state index contributed by atoms with van der Waals surface area (Å²) >= 11 is 0. The van der Waals surface area contributed by atoms with E-state index < -0.39 is 12.8 Å². The number of ether oxygens (including phenoxy) is 1. The van der Waals surface area contributed by atoms with Crippen molar-refractivity contribution in [3.63, 3.8) is 0 Å². The number of hydrogen-bond donors (Lipinski definition) is 1. The molecule has 1 N–H and O–H groups in total. The smallest absolute Gasteiger partial charge is 0.372 e. The Morgan fingerprint density at radius 3 is 2.36 bits per heavy atom. The average molecular weight is 365 g/mol. The second-order valence-electron chi connectivity index (χ2n) is 7.26. The number of hydrogen-bond acceptors (Lipinski definition) is 3. The molecule has 1 aliphatic heterocycles. The molecule has 1 saturated carbocycles. The van der Waals surface area contributed by atoms with Crippen LogP contribution in [0.15, 0.2) is 0 Å². The minimum Gasteiger partial charge on any atom is -0.372 e. The van der Waals surface area contributed by atoms with Crippen molar-refractivity contribution in [1.29, 1.82) is 0 Å². The first kappa shape index (κ1) is 20.3. The van der Waals surface area contributed by atoms with E-state index in [-0.39, 0.29) is 12.6 Å². The third kappa shape index (κ3) is 7.81. The summed E-state index contributed by atoms with van der Waals surface area (Å²) in [7, 11) is 0. The first-order chi connectivity index (χ1) is 11.8. The Morgan fingerprint density at radius 2 is 1.76 bits per heavy atom. The lowest BCUT2D eigenvalue weighted by Crippen LogP contribution is -2.53. The molecule has 0 radical (unpaired) electrons. The summed E-state index contributed by atoms with van der Waals surface area (Å²) in [6, 6.07) is 0.320. The van der Waals surface area contributed by atoms with Crippen LogP contribution in [0.2, 0.25) is 0 Å². The Labute approximate surface area is 147 Å². The van der Waals surface area contributed by atoms with Gasteiger partial charge in [0.2, 0.25) is 0 Å². The molecule has 25 heavy (non-hydrogen) atoms. The zero-order valence-corrected chi connectivity index (χ0v) is 15.0. The van der Waals surface area contributed by atoms with Gasteiger partial charge in [0.15, 0.2) is 0 Å². The fourth-order valence-electron chi connectivity index (χ4n) is 3.42. The molecule has 0 spiro atoms. The molecule has 0 aromatic rings. The quantitative estimate of drug-likeness (QED) is 0.736. The molecule has 1 heterocycles. The lowest BCUT2D eigenvalue weighted by Gasteiger charge is -2.36. The summed E-state index contributed by atoms with van der Waals surface area (Å²) in [4.78, 5) is 16.3. The van der Waals surface area contributed by atoms with Crippen LogP contribution in [0.4, 0.5) is 18.0 Å². The molecule has 1 aliphatic carbocycles. The van der Waals surface area contributed by atoms with Gasteiger partial charge in [-0.3, -0.25) is 4.90 Å². The first-order valence-corrected chi connectivity index (χ1v) is 9.26. The standard InChI is InChI=1S/C17H30F3N3O2/c1-14-3-5-15(6-4-14)21-16(24)23-10-8-22(9-11-23)7-2-12-25-13-17(18,19)20/h14-15H,2-13H2,1H3,(H,21,24). The minimum atomic E-state index is -4.25. The molecule has 5 nitrogen and oxygen atoms in total. The number of alkyl halides is 3. The van der Waals surface area contributed by atoms with Gasteiger partial charge in [0.25, 0.3) is 0 Å². The summed E-state index contributed by atoms with van der Waals surface area (Å²) in [6.45, 7) is 4.74. The van der Waals surface area contributed by atoms with Gasteiger partial charge < -0.3 is 15.0 Å². The molecule has 2 fully saturated rings. The van der Waals surface area contributed by atoms with Crippen molar-refractivity contribution in [1.82, 2.24) is 15.1 Å². The number of carbonyl (C=O) groups is 1. The van der Waals surface area contributed by atoms with Crippen molar-refractivity contribution in [2.75, 3.05) is 45.9 Å². The summed E-state index contributed by atoms with van der Waals surface area (Å²) in [5.74, 6) is 0.761. The van der Waals surface area contributed by atoms with E-state index in [1.165, 1.54) is 12.8 Å². The molecule has 8 heteroatoms. The Bertz CT molecular complexity index is 404. The van der Waals surface area contributed by atoms with Gasteiger partial charge >= 0.3 is 12.2 Å². The topological polar surface area (TPSA) is 44.8 Å². The number of nitrogens with one attached hydrogen (secondary N) is 1. The molecule has 0 aromatic carbocycles. The van der Waals surface area contributed by atoms with E-state index >= 15 is 0 Å². The monoisotopic (exact) mass is 365 g/mol. The van der Waals surface area contributed by atoms with Gasteiger partial charge in [-0.2, -0.15) is 13.2 Å². The van der Waals surface area contributed by atoms with E-state index in [0.29, 0.717) is 32.1 Å². The van der Waals surface area contributed by atoms with Crippen LogP contribution in [0.1, 0.15) is 39.0 Å². The molecule has 2 aliphatic rings. The second-order valence-corrected chi connectivity index (χ2v) is 7.26. The highest BCUT2D eigenvalue weighted by Crippen LogP contribution is 2.23. The highest BCUT2D eigenvalue weighted by atomic mass is 19.4. The molecule has 2 amide bonds. The van der Waals surface area contributed by atoms with E-state index in [1.807, 2.05) is 4.90 Å². The van der Waals surface area contributed by atoms with E-state index in [4.69, 9.17) is 0 Å². The van der Waals surface area contributed by atoms with Gasteiger partial charge in [-0.15, -0.1) is 0 Å². The number of amides is 2. The molecule has 1 saturated heterocycles. The Balaban J connectivity index is 1.55. The molecular formula is C17H30F3N3O2. The number of piperazine rings is 1. The lowest BCUT2D eigenvalue weighted by molar-refractivity contribution is -0.174. The van der Waals surface area contributed by atoms with Gasteiger partial charge in [0, 0.05) is 45.4 Å². The second kappa shape index (κ2) is 9.62. The molecule has 2 rings (SSSR count). The predicted octanol–water partition coefficient (Wildman–Crippen LogP) is 2.86. The molecule has 146 valence electrons. The fraction of sp³-hybridized carbons (Fsp3) is 0.941. The van der Waals surface area contributed by atoms with Gasteiger partial charge in [0.05, 0.1) is 0 Å². The number of rotatable bonds is 6. The number of carbonyl (C=O) groups excluding carboxylic acids is 1. The summed E-state index contributed by atoms with van der Waals surface area (Å²) in [5.41, 5.74) is 0. The predicted molar refractivity (Wildman–Crippen MR) is 89.5 cm³/mol. The van der Waals surface area contributed by atoms with Crippen molar-refractivity contribution in [3.8, 4) is 0 Å². The van der Waals surface area contributed by atoms with E-state index in [0.717, 1.165) is 31.8 Å². The van der Waals surface area contributed by atoms with Gasteiger partial charge in [-0.1, -0.05) is 6.92 Å². The summed E-state index contributed by atoms with van der Waals surface area (Å²) in [6.07, 6.45) is 0.789. The molecule has 0 atom stereocenters. The van der Waals surface area contributed by atoms with Gasteiger partial charge in [-0.25, -0.2) is 4.79 Å². The molecular weight excluding hydrogens is 335 g/mol. The first-order valence-electron chi connectivity index (χ1n) is 9.26. The lowest BCUT2D eigenvalue weighted by atomic mass is 9.87. The summed E-state index contributed by atoms with van der Waals surface area (Å²) < 4.78 is 40.5. The SMILES string of the molecule is CC1CCC(NC(=O)N2CCN(CCCOCC(F)(F)F)CC2)CC1. The van der Waals surface area contributed by atoms with E-state index in [1.54, 1.807) is 0 Å². The van der Waals surface area contributed by atoms with Crippen LogP contribution in [0, 0.1) is 5.92 Å². The zero-order chi connectivity index (χ0) is 18.3. The maximum atomic E-state index is 12.3. The Hall–Kier alpha value is -1.02. The average Bonchev–Trinajstić information content (AvgIpc) is 2.56. The van der Waals surface area contributed by atoms with Gasteiger partial charge in [-0.05, 0) is 38.0 Å². The van der Waals surface area contributed by atoms with Crippen LogP contribution in [-0.2, 0) is 4.74 Å². The fourth-order valence-corrected chi connectivity index (χ4v) is 3.42. The van der Waals surface area contributed by atoms with Crippen molar-refractivity contribution in [3.05, 3.63) is 0 Å². The normalized spacial score (nSPS) is 25.8. The largest absolute Gasteiger partial charge is 0.411 e.